The SMILES string of the molecule is CC(C)n1c[n+](Cc2ccccc2)c2ccccc21.O.[Br-]. The van der Waals surface area contributed by atoms with Crippen molar-refractivity contribution in [1.82, 2.24) is 4.57 Å². The van der Waals surface area contributed by atoms with E-state index >= 15 is 0 Å². The number of imidazole rings is 1. The van der Waals surface area contributed by atoms with Gasteiger partial charge in [0, 0.05) is 0 Å². The van der Waals surface area contributed by atoms with Gasteiger partial charge in [-0.15, -0.1) is 0 Å². The standard InChI is InChI=1S/C17H19N2.BrH.H2O/c1-14(2)19-13-18(12-15-8-4-3-5-9-15)16-10-6-7-11-17(16)19;;/h3-11,13-14H,12H2,1-2H3;1H;1H2/q+1;;/p-1. The molecule has 3 nitrogen and oxygen atoms in total. The molecular formula is C17H21BrN2O. The molecule has 1 aromatic heterocycles. The van der Waals surface area contributed by atoms with Crippen LogP contribution in [0.1, 0.15) is 25.5 Å². The number of halogens is 1. The van der Waals surface area contributed by atoms with Gasteiger partial charge in [-0.3, -0.25) is 0 Å². The average molecular weight is 349 g/mol. The first-order chi connectivity index (χ1) is 9.25. The lowest BCUT2D eigenvalue weighted by molar-refractivity contribution is -0.663. The molecule has 0 bridgehead atoms. The number of fused-ring (bicyclic) bond motifs is 1. The number of para-hydroxylation sites is 2. The molecule has 0 amide bonds. The highest BCUT2D eigenvalue weighted by atomic mass is 79.9. The minimum Gasteiger partial charge on any atom is -1.00 e. The lowest BCUT2D eigenvalue weighted by Gasteiger charge is -1.99. The van der Waals surface area contributed by atoms with Crippen LogP contribution in [0.15, 0.2) is 60.9 Å². The molecule has 0 fully saturated rings. The number of hydrogen-bond acceptors (Lipinski definition) is 0. The molecule has 0 aliphatic rings. The van der Waals surface area contributed by atoms with Crippen molar-refractivity contribution in [1.29, 1.82) is 0 Å². The predicted octanol–water partition coefficient (Wildman–Crippen LogP) is -0.263. The minimum atomic E-state index is 0. The summed E-state index contributed by atoms with van der Waals surface area (Å²) in [6, 6.07) is 19.7. The van der Waals surface area contributed by atoms with Gasteiger partial charge < -0.3 is 22.5 Å². The Morgan fingerprint density at radius 2 is 1.57 bits per heavy atom. The fourth-order valence-corrected chi connectivity index (χ4v) is 2.52. The number of rotatable bonds is 3. The van der Waals surface area contributed by atoms with E-state index in [4.69, 9.17) is 0 Å². The molecule has 0 saturated heterocycles. The monoisotopic (exact) mass is 348 g/mol. The maximum Gasteiger partial charge on any atom is 0.245 e. The summed E-state index contributed by atoms with van der Waals surface area (Å²) < 4.78 is 4.66. The van der Waals surface area contributed by atoms with Crippen molar-refractivity contribution in [2.24, 2.45) is 0 Å². The Hall–Kier alpha value is -1.65. The molecule has 0 saturated carbocycles. The Balaban J connectivity index is 0.00000110. The van der Waals surface area contributed by atoms with Crippen molar-refractivity contribution in [3.8, 4) is 0 Å². The second-order valence-corrected chi connectivity index (χ2v) is 5.22. The molecule has 1 heterocycles. The second-order valence-electron chi connectivity index (χ2n) is 5.22. The second kappa shape index (κ2) is 7.38. The molecule has 0 spiro atoms. The number of nitrogens with zero attached hydrogens (tertiary/aromatic N) is 2. The van der Waals surface area contributed by atoms with Crippen LogP contribution in [0.5, 0.6) is 0 Å². The first-order valence-electron chi connectivity index (χ1n) is 6.78. The van der Waals surface area contributed by atoms with Crippen molar-refractivity contribution in [3.63, 3.8) is 0 Å². The molecule has 21 heavy (non-hydrogen) atoms. The molecule has 112 valence electrons. The average Bonchev–Trinajstić information content (AvgIpc) is 2.79. The van der Waals surface area contributed by atoms with E-state index in [1.807, 2.05) is 0 Å². The number of aromatic nitrogens is 2. The summed E-state index contributed by atoms with van der Waals surface area (Å²) in [5, 5.41) is 0. The smallest absolute Gasteiger partial charge is 0.245 e. The lowest BCUT2D eigenvalue weighted by atomic mass is 10.2. The lowest BCUT2D eigenvalue weighted by Crippen LogP contribution is -3.00. The van der Waals surface area contributed by atoms with Crippen LogP contribution in [-0.4, -0.2) is 10.0 Å². The molecule has 4 heteroatoms. The summed E-state index contributed by atoms with van der Waals surface area (Å²) in [6.45, 7) is 5.36. The Labute approximate surface area is 135 Å². The van der Waals surface area contributed by atoms with Crippen molar-refractivity contribution < 1.29 is 27.0 Å². The number of benzene rings is 2. The van der Waals surface area contributed by atoms with Crippen molar-refractivity contribution in [2.75, 3.05) is 0 Å². The van der Waals surface area contributed by atoms with Gasteiger partial charge in [0.05, 0.1) is 6.04 Å². The van der Waals surface area contributed by atoms with Crippen LogP contribution in [0.2, 0.25) is 0 Å². The molecule has 3 rings (SSSR count). The molecule has 0 atom stereocenters. The third-order valence-electron chi connectivity index (χ3n) is 3.49. The summed E-state index contributed by atoms with van der Waals surface area (Å²) in [4.78, 5) is 0. The van der Waals surface area contributed by atoms with Gasteiger partial charge in [-0.2, -0.15) is 0 Å². The molecule has 2 aromatic carbocycles. The zero-order valence-electron chi connectivity index (χ0n) is 12.3. The van der Waals surface area contributed by atoms with E-state index in [-0.39, 0.29) is 22.5 Å². The van der Waals surface area contributed by atoms with E-state index in [9.17, 15) is 0 Å². The first-order valence-corrected chi connectivity index (χ1v) is 6.78. The zero-order valence-corrected chi connectivity index (χ0v) is 13.9. The first kappa shape index (κ1) is 17.4. The summed E-state index contributed by atoms with van der Waals surface area (Å²) in [5.74, 6) is 0. The van der Waals surface area contributed by atoms with E-state index in [0.29, 0.717) is 6.04 Å². The molecule has 0 aliphatic carbocycles. The summed E-state index contributed by atoms with van der Waals surface area (Å²) in [6.07, 6.45) is 2.22. The van der Waals surface area contributed by atoms with Gasteiger partial charge in [0.15, 0.2) is 11.0 Å². The molecule has 2 N–H and O–H groups in total. The molecule has 0 radical (unpaired) electrons. The normalized spacial score (nSPS) is 10.2. The highest BCUT2D eigenvalue weighted by Gasteiger charge is 2.16. The Bertz CT molecular complexity index is 692. The Morgan fingerprint density at radius 3 is 2.24 bits per heavy atom. The van der Waals surface area contributed by atoms with Gasteiger partial charge in [-0.1, -0.05) is 42.5 Å². The maximum absolute atomic E-state index is 2.33. The summed E-state index contributed by atoms with van der Waals surface area (Å²) in [7, 11) is 0. The van der Waals surface area contributed by atoms with Crippen LogP contribution in [0.25, 0.3) is 11.0 Å². The van der Waals surface area contributed by atoms with Crippen LogP contribution in [0.4, 0.5) is 0 Å². The fraction of sp³-hybridized carbons (Fsp3) is 0.235. The molecular weight excluding hydrogens is 328 g/mol. The maximum atomic E-state index is 2.33. The van der Waals surface area contributed by atoms with Gasteiger partial charge in [0.2, 0.25) is 6.33 Å². The van der Waals surface area contributed by atoms with Crippen LogP contribution >= 0.6 is 0 Å². The quantitative estimate of drug-likeness (QED) is 0.585. The fourth-order valence-electron chi connectivity index (χ4n) is 2.52. The van der Waals surface area contributed by atoms with Gasteiger partial charge in [-0.05, 0) is 31.5 Å². The highest BCUT2D eigenvalue weighted by Crippen LogP contribution is 2.16. The van der Waals surface area contributed by atoms with E-state index < -0.39 is 0 Å². The van der Waals surface area contributed by atoms with Crippen LogP contribution in [-0.2, 0) is 6.54 Å². The topological polar surface area (TPSA) is 40.3 Å². The highest BCUT2D eigenvalue weighted by molar-refractivity contribution is 5.71. The van der Waals surface area contributed by atoms with Crippen molar-refractivity contribution >= 4 is 11.0 Å². The van der Waals surface area contributed by atoms with Crippen LogP contribution < -0.4 is 21.5 Å². The van der Waals surface area contributed by atoms with Crippen molar-refractivity contribution in [3.05, 3.63) is 66.5 Å². The Morgan fingerprint density at radius 1 is 0.952 bits per heavy atom. The zero-order chi connectivity index (χ0) is 13.2. The van der Waals surface area contributed by atoms with Crippen LogP contribution in [0, 0.1) is 0 Å². The van der Waals surface area contributed by atoms with E-state index in [2.05, 4.69) is 83.9 Å². The largest absolute Gasteiger partial charge is 1.00 e. The number of hydrogen-bond donors (Lipinski definition) is 0. The van der Waals surface area contributed by atoms with Gasteiger partial charge >= 0.3 is 0 Å². The van der Waals surface area contributed by atoms with Gasteiger partial charge in [-0.25, -0.2) is 9.13 Å². The molecule has 3 aromatic rings. The molecule has 0 unspecified atom stereocenters. The van der Waals surface area contributed by atoms with E-state index in [0.717, 1.165) is 6.54 Å². The van der Waals surface area contributed by atoms with E-state index in [1.54, 1.807) is 0 Å². The van der Waals surface area contributed by atoms with Crippen LogP contribution in [0.3, 0.4) is 0 Å². The third-order valence-corrected chi connectivity index (χ3v) is 3.49. The van der Waals surface area contributed by atoms with E-state index in [1.165, 1.54) is 16.6 Å². The third kappa shape index (κ3) is 3.52. The molecule has 0 aliphatic heterocycles. The predicted molar refractivity (Wildman–Crippen MR) is 81.7 cm³/mol. The minimum absolute atomic E-state index is 0. The summed E-state index contributed by atoms with van der Waals surface area (Å²) in [5.41, 5.74) is 3.92. The van der Waals surface area contributed by atoms with Gasteiger partial charge in [0.1, 0.15) is 6.54 Å². The van der Waals surface area contributed by atoms with Crippen molar-refractivity contribution in [2.45, 2.75) is 26.4 Å². The van der Waals surface area contributed by atoms with Gasteiger partial charge in [0.25, 0.3) is 0 Å². The Kier molecular flexibility index (Phi) is 6.12. The summed E-state index contributed by atoms with van der Waals surface area (Å²) >= 11 is 0.